The number of aromatic nitrogens is 4. The van der Waals surface area contributed by atoms with E-state index in [2.05, 4.69) is 25.3 Å². The minimum Gasteiger partial charge on any atom is -0.385 e. The minimum atomic E-state index is -0.221. The average molecular weight is 273 g/mol. The van der Waals surface area contributed by atoms with Gasteiger partial charge in [0.15, 0.2) is 5.82 Å². The van der Waals surface area contributed by atoms with E-state index in [1.807, 2.05) is 12.3 Å². The van der Waals surface area contributed by atoms with Gasteiger partial charge in [0.05, 0.1) is 11.7 Å². The van der Waals surface area contributed by atoms with E-state index in [0.717, 1.165) is 23.0 Å². The largest absolute Gasteiger partial charge is 0.385 e. The Bertz CT molecular complexity index is 745. The first kappa shape index (κ1) is 12.6. The number of methoxy groups -OCH3 is 1. The lowest BCUT2D eigenvalue weighted by Crippen LogP contribution is -2.26. The Labute approximate surface area is 114 Å². The molecule has 0 aliphatic rings. The molecule has 3 heterocycles. The average Bonchev–Trinajstić information content (AvgIpc) is 3.07. The van der Waals surface area contributed by atoms with Crippen molar-refractivity contribution in [1.82, 2.24) is 25.3 Å². The molecule has 3 rings (SSSR count). The summed E-state index contributed by atoms with van der Waals surface area (Å²) in [5, 5.41) is 3.72. The van der Waals surface area contributed by atoms with E-state index in [1.165, 1.54) is 0 Å². The van der Waals surface area contributed by atoms with E-state index < -0.39 is 0 Å². The molecule has 1 amide bonds. The number of aromatic amines is 2. The maximum atomic E-state index is 12.0. The van der Waals surface area contributed by atoms with Crippen molar-refractivity contribution in [2.24, 2.45) is 0 Å². The van der Waals surface area contributed by atoms with Crippen LogP contribution in [0.5, 0.6) is 0 Å². The molecule has 3 N–H and O–H groups in total. The molecule has 7 nitrogen and oxygen atoms in total. The Kier molecular flexibility index (Phi) is 3.34. The van der Waals surface area contributed by atoms with E-state index in [1.54, 1.807) is 13.3 Å². The summed E-state index contributed by atoms with van der Waals surface area (Å²) in [6, 6.07) is 1.91. The number of amides is 1. The van der Waals surface area contributed by atoms with E-state index in [0.29, 0.717) is 24.5 Å². The standard InChI is InChI=1S/C13H15N5O2/c1-20-6-2-4-15-13(19)12-17-9-7-16-11-8(3-5-14-11)10(9)18-12/h3,5,7H,2,4,6H2,1H3,(H,14,16)(H,15,19)(H,17,18). The zero-order valence-corrected chi connectivity index (χ0v) is 11.1. The Morgan fingerprint density at radius 3 is 3.25 bits per heavy atom. The molecular formula is C13H15N5O2. The van der Waals surface area contributed by atoms with Crippen molar-refractivity contribution in [3.05, 3.63) is 24.3 Å². The fourth-order valence-electron chi connectivity index (χ4n) is 2.09. The van der Waals surface area contributed by atoms with Gasteiger partial charge in [0.25, 0.3) is 5.91 Å². The maximum Gasteiger partial charge on any atom is 0.287 e. The third-order valence-corrected chi connectivity index (χ3v) is 3.07. The highest BCUT2D eigenvalue weighted by molar-refractivity contribution is 6.03. The van der Waals surface area contributed by atoms with Crippen LogP contribution in [-0.2, 0) is 4.74 Å². The SMILES string of the molecule is COCCCNC(=O)c1nc2cnc3[nH]ccc3c2[nH]1. The van der Waals surface area contributed by atoms with E-state index >= 15 is 0 Å². The number of hydrogen-bond donors (Lipinski definition) is 3. The molecule has 3 aromatic heterocycles. The number of carbonyl (C=O) groups is 1. The van der Waals surface area contributed by atoms with Crippen LogP contribution >= 0.6 is 0 Å². The number of hydrogen-bond acceptors (Lipinski definition) is 4. The fraction of sp³-hybridized carbons (Fsp3) is 0.308. The molecule has 0 aromatic carbocycles. The summed E-state index contributed by atoms with van der Waals surface area (Å²) in [5.74, 6) is 0.0777. The van der Waals surface area contributed by atoms with Gasteiger partial charge in [0.1, 0.15) is 11.2 Å². The maximum absolute atomic E-state index is 12.0. The summed E-state index contributed by atoms with van der Waals surface area (Å²) in [5.41, 5.74) is 2.27. The van der Waals surface area contributed by atoms with Gasteiger partial charge in [0.2, 0.25) is 0 Å². The van der Waals surface area contributed by atoms with Crippen molar-refractivity contribution in [2.45, 2.75) is 6.42 Å². The van der Waals surface area contributed by atoms with Gasteiger partial charge in [0, 0.05) is 31.8 Å². The number of nitrogens with one attached hydrogen (secondary N) is 3. The molecule has 0 atom stereocenters. The summed E-state index contributed by atoms with van der Waals surface area (Å²) in [6.07, 6.45) is 4.22. The normalized spacial score (nSPS) is 11.2. The Morgan fingerprint density at radius 2 is 2.40 bits per heavy atom. The number of H-pyrrole nitrogens is 2. The lowest BCUT2D eigenvalue weighted by atomic mass is 10.3. The van der Waals surface area contributed by atoms with E-state index in [4.69, 9.17) is 4.74 Å². The first-order valence-electron chi connectivity index (χ1n) is 6.38. The van der Waals surface area contributed by atoms with Crippen molar-refractivity contribution in [3.8, 4) is 0 Å². The topological polar surface area (TPSA) is 95.7 Å². The number of fused-ring (bicyclic) bond motifs is 3. The third-order valence-electron chi connectivity index (χ3n) is 3.07. The van der Waals surface area contributed by atoms with Crippen molar-refractivity contribution in [1.29, 1.82) is 0 Å². The van der Waals surface area contributed by atoms with Crippen LogP contribution in [0, 0.1) is 0 Å². The smallest absolute Gasteiger partial charge is 0.287 e. The van der Waals surface area contributed by atoms with Crippen LogP contribution < -0.4 is 5.32 Å². The van der Waals surface area contributed by atoms with E-state index in [-0.39, 0.29) is 5.91 Å². The van der Waals surface area contributed by atoms with E-state index in [9.17, 15) is 4.79 Å². The van der Waals surface area contributed by atoms with Crippen molar-refractivity contribution in [3.63, 3.8) is 0 Å². The molecule has 20 heavy (non-hydrogen) atoms. The molecule has 0 bridgehead atoms. The molecule has 3 aromatic rings. The molecule has 0 aliphatic carbocycles. The van der Waals surface area contributed by atoms with Crippen LogP contribution in [0.15, 0.2) is 18.5 Å². The zero-order valence-electron chi connectivity index (χ0n) is 11.1. The zero-order chi connectivity index (χ0) is 13.9. The lowest BCUT2D eigenvalue weighted by Gasteiger charge is -2.01. The summed E-state index contributed by atoms with van der Waals surface area (Å²) in [6.45, 7) is 1.18. The van der Waals surface area contributed by atoms with Gasteiger partial charge in [-0.2, -0.15) is 0 Å². The van der Waals surface area contributed by atoms with Crippen LogP contribution in [0.25, 0.3) is 22.1 Å². The van der Waals surface area contributed by atoms with Crippen LogP contribution in [0.2, 0.25) is 0 Å². The first-order valence-corrected chi connectivity index (χ1v) is 6.38. The molecule has 0 saturated carbocycles. The van der Waals surface area contributed by atoms with Crippen LogP contribution in [-0.4, -0.2) is 46.1 Å². The number of ether oxygens (including phenoxy) is 1. The molecule has 0 spiro atoms. The predicted molar refractivity (Wildman–Crippen MR) is 74.6 cm³/mol. The first-order chi connectivity index (χ1) is 9.79. The fourth-order valence-corrected chi connectivity index (χ4v) is 2.09. The van der Waals surface area contributed by atoms with Gasteiger partial charge in [-0.3, -0.25) is 4.79 Å². The Morgan fingerprint density at radius 1 is 1.50 bits per heavy atom. The second-order valence-electron chi connectivity index (χ2n) is 4.45. The molecule has 0 saturated heterocycles. The van der Waals surface area contributed by atoms with Gasteiger partial charge >= 0.3 is 0 Å². The number of carbonyl (C=O) groups excluding carboxylic acids is 1. The summed E-state index contributed by atoms with van der Waals surface area (Å²) in [7, 11) is 1.64. The van der Waals surface area contributed by atoms with Crippen LogP contribution in [0.4, 0.5) is 0 Å². The van der Waals surface area contributed by atoms with Crippen LogP contribution in [0.1, 0.15) is 17.0 Å². The number of imidazole rings is 1. The van der Waals surface area contributed by atoms with Gasteiger partial charge in [-0.25, -0.2) is 9.97 Å². The molecule has 0 radical (unpaired) electrons. The van der Waals surface area contributed by atoms with Crippen molar-refractivity contribution >= 4 is 28.0 Å². The predicted octanol–water partition coefficient (Wildman–Crippen LogP) is 1.21. The highest BCUT2D eigenvalue weighted by atomic mass is 16.5. The second-order valence-corrected chi connectivity index (χ2v) is 4.45. The van der Waals surface area contributed by atoms with Crippen molar-refractivity contribution < 1.29 is 9.53 Å². The highest BCUT2D eigenvalue weighted by Crippen LogP contribution is 2.20. The molecule has 0 fully saturated rings. The van der Waals surface area contributed by atoms with Crippen molar-refractivity contribution in [2.75, 3.05) is 20.3 Å². The van der Waals surface area contributed by atoms with Gasteiger partial charge < -0.3 is 20.0 Å². The highest BCUT2D eigenvalue weighted by Gasteiger charge is 2.13. The van der Waals surface area contributed by atoms with Gasteiger partial charge in [-0.15, -0.1) is 0 Å². The summed E-state index contributed by atoms with van der Waals surface area (Å²) < 4.78 is 4.93. The lowest BCUT2D eigenvalue weighted by molar-refractivity contribution is 0.0939. The monoisotopic (exact) mass is 273 g/mol. The summed E-state index contributed by atoms with van der Waals surface area (Å²) in [4.78, 5) is 26.6. The van der Waals surface area contributed by atoms with Gasteiger partial charge in [-0.05, 0) is 12.5 Å². The van der Waals surface area contributed by atoms with Gasteiger partial charge in [-0.1, -0.05) is 0 Å². The second kappa shape index (κ2) is 5.30. The Balaban J connectivity index is 1.83. The number of pyridine rings is 1. The summed E-state index contributed by atoms with van der Waals surface area (Å²) >= 11 is 0. The minimum absolute atomic E-state index is 0.221. The van der Waals surface area contributed by atoms with Crippen LogP contribution in [0.3, 0.4) is 0 Å². The molecule has 104 valence electrons. The number of rotatable bonds is 5. The Hall–Kier alpha value is -2.41. The molecule has 7 heteroatoms. The quantitative estimate of drug-likeness (QED) is 0.609. The third kappa shape index (κ3) is 2.23. The number of nitrogens with zero attached hydrogens (tertiary/aromatic N) is 2. The molecule has 0 aliphatic heterocycles. The molecular weight excluding hydrogens is 258 g/mol. The molecule has 0 unspecified atom stereocenters.